The van der Waals surface area contributed by atoms with Crippen molar-refractivity contribution in [2.75, 3.05) is 19.0 Å². The van der Waals surface area contributed by atoms with E-state index in [4.69, 9.17) is 4.74 Å². The van der Waals surface area contributed by atoms with Crippen LogP contribution in [0.1, 0.15) is 11.3 Å². The first kappa shape index (κ1) is 17.1. The van der Waals surface area contributed by atoms with Crippen LogP contribution in [0.2, 0.25) is 0 Å². The van der Waals surface area contributed by atoms with E-state index >= 15 is 0 Å². The molecule has 1 N–H and O–H groups in total. The van der Waals surface area contributed by atoms with Crippen molar-refractivity contribution in [1.82, 2.24) is 0 Å². The van der Waals surface area contributed by atoms with E-state index in [9.17, 15) is 4.79 Å². The molecule has 3 nitrogen and oxygen atoms in total. The van der Waals surface area contributed by atoms with Crippen LogP contribution in [-0.4, -0.2) is 19.6 Å². The highest BCUT2D eigenvalue weighted by Crippen LogP contribution is 2.36. The predicted octanol–water partition coefficient (Wildman–Crippen LogP) is 5.44. The lowest BCUT2D eigenvalue weighted by Crippen LogP contribution is -2.13. The van der Waals surface area contributed by atoms with Crippen LogP contribution in [0, 0.1) is 0 Å². The van der Waals surface area contributed by atoms with Crippen molar-refractivity contribution >= 4 is 48.9 Å². The number of fused-ring (bicyclic) bond motifs is 1. The largest absolute Gasteiger partial charge is 0.384 e. The van der Waals surface area contributed by atoms with Gasteiger partial charge in [0, 0.05) is 27.7 Å². The molecule has 0 saturated heterocycles. The van der Waals surface area contributed by atoms with E-state index in [1.165, 1.54) is 20.5 Å². The number of ether oxygens (including phenoxy) is 1. The molecule has 5 heteroatoms. The number of rotatable bonds is 6. The second-order valence-corrected chi connectivity index (χ2v) is 7.14. The van der Waals surface area contributed by atoms with Crippen molar-refractivity contribution in [2.24, 2.45) is 0 Å². The number of thiophene rings is 1. The monoisotopic (exact) mass is 403 g/mol. The molecule has 0 bridgehead atoms. The predicted molar refractivity (Wildman–Crippen MR) is 105 cm³/mol. The zero-order chi connectivity index (χ0) is 16.9. The van der Waals surface area contributed by atoms with Crippen LogP contribution in [0.15, 0.2) is 48.5 Å². The van der Waals surface area contributed by atoms with E-state index in [0.29, 0.717) is 13.0 Å². The Morgan fingerprint density at radius 1 is 1.21 bits per heavy atom. The van der Waals surface area contributed by atoms with Gasteiger partial charge in [0.1, 0.15) is 0 Å². The third kappa shape index (κ3) is 3.86. The fourth-order valence-corrected chi connectivity index (χ4v) is 4.14. The molecule has 0 unspecified atom stereocenters. The molecule has 0 radical (unpaired) electrons. The summed E-state index contributed by atoms with van der Waals surface area (Å²) in [5.74, 6) is -0.0371. The van der Waals surface area contributed by atoms with Gasteiger partial charge < -0.3 is 10.1 Å². The summed E-state index contributed by atoms with van der Waals surface area (Å²) in [4.78, 5) is 13.2. The van der Waals surface area contributed by atoms with Gasteiger partial charge in [-0.15, -0.1) is 11.3 Å². The minimum Gasteiger partial charge on any atom is -0.384 e. The summed E-state index contributed by atoms with van der Waals surface area (Å²) in [6.07, 6.45) is 0.357. The molecule has 0 saturated carbocycles. The molecule has 24 heavy (non-hydrogen) atoms. The number of carbonyl (C=O) groups excluding carboxylic acids is 1. The highest BCUT2D eigenvalue weighted by molar-refractivity contribution is 9.08. The number of anilines is 1. The number of amides is 1. The van der Waals surface area contributed by atoms with Gasteiger partial charge in [-0.1, -0.05) is 46.3 Å². The van der Waals surface area contributed by atoms with E-state index in [1.807, 2.05) is 18.2 Å². The Bertz CT molecular complexity index is 859. The molecule has 0 aliphatic rings. The van der Waals surface area contributed by atoms with Crippen LogP contribution < -0.4 is 5.32 Å². The number of hydrogen-bond donors (Lipinski definition) is 1. The lowest BCUT2D eigenvalue weighted by molar-refractivity contribution is -0.117. The molecule has 0 fully saturated rings. The summed E-state index contributed by atoms with van der Waals surface area (Å²) < 4.78 is 6.21. The minimum absolute atomic E-state index is 0.0371. The molecule has 0 atom stereocenters. The van der Waals surface area contributed by atoms with E-state index in [0.717, 1.165) is 16.6 Å². The Morgan fingerprint density at radius 3 is 2.83 bits per heavy atom. The molecule has 3 rings (SSSR count). The summed E-state index contributed by atoms with van der Waals surface area (Å²) in [6, 6.07) is 16.5. The summed E-state index contributed by atoms with van der Waals surface area (Å²) in [6.45, 7) is 0.426. The summed E-state index contributed by atoms with van der Waals surface area (Å²) >= 11 is 5.33. The van der Waals surface area contributed by atoms with Gasteiger partial charge in [0.2, 0.25) is 5.91 Å². The Labute approximate surface area is 153 Å². The van der Waals surface area contributed by atoms with Gasteiger partial charge >= 0.3 is 0 Å². The number of hydrogen-bond acceptors (Lipinski definition) is 3. The van der Waals surface area contributed by atoms with Crippen molar-refractivity contribution in [2.45, 2.75) is 11.8 Å². The smallest absolute Gasteiger partial charge is 0.226 e. The fraction of sp³-hybridized carbons (Fsp3) is 0.211. The van der Waals surface area contributed by atoms with Crippen molar-refractivity contribution in [3.8, 4) is 11.1 Å². The maximum Gasteiger partial charge on any atom is 0.226 e. The Balaban J connectivity index is 1.91. The molecule has 1 heterocycles. The molecule has 2 aromatic carbocycles. The molecular weight excluding hydrogens is 386 g/mol. The lowest BCUT2D eigenvalue weighted by atomic mass is 10.0. The number of carbonyl (C=O) groups is 1. The molecular formula is C19H18BrNO2S. The topological polar surface area (TPSA) is 38.3 Å². The molecule has 3 aromatic rings. The van der Waals surface area contributed by atoms with Crippen LogP contribution in [0.4, 0.5) is 5.69 Å². The highest BCUT2D eigenvalue weighted by Gasteiger charge is 2.09. The molecule has 124 valence electrons. The Morgan fingerprint density at radius 2 is 2.04 bits per heavy atom. The first-order valence-electron chi connectivity index (χ1n) is 7.68. The second-order valence-electron chi connectivity index (χ2n) is 5.44. The minimum atomic E-state index is -0.0371. The van der Waals surface area contributed by atoms with E-state index in [-0.39, 0.29) is 5.91 Å². The van der Waals surface area contributed by atoms with Gasteiger partial charge in [-0.25, -0.2) is 0 Å². The molecule has 0 spiro atoms. The SMILES string of the molecule is COCCC(=O)Nc1cccc(-c2cccc3cc(CBr)sc23)c1. The van der Waals surface area contributed by atoms with Crippen molar-refractivity contribution < 1.29 is 9.53 Å². The maximum absolute atomic E-state index is 11.9. The average molecular weight is 404 g/mol. The molecule has 1 amide bonds. The number of methoxy groups -OCH3 is 1. The van der Waals surface area contributed by atoms with Gasteiger partial charge in [-0.05, 0) is 34.7 Å². The fourth-order valence-electron chi connectivity index (χ4n) is 2.59. The summed E-state index contributed by atoms with van der Waals surface area (Å²) in [5.41, 5.74) is 3.11. The third-order valence-corrected chi connectivity index (χ3v) is 5.88. The van der Waals surface area contributed by atoms with Crippen molar-refractivity contribution in [1.29, 1.82) is 0 Å². The van der Waals surface area contributed by atoms with E-state index in [2.05, 4.69) is 51.6 Å². The van der Waals surface area contributed by atoms with E-state index in [1.54, 1.807) is 18.4 Å². The standard InChI is InChI=1S/C19H18BrNO2S/c1-23-9-8-18(22)21-15-6-2-4-13(10-15)17-7-3-5-14-11-16(12-20)24-19(14)17/h2-7,10-11H,8-9,12H2,1H3,(H,21,22). The van der Waals surface area contributed by atoms with Crippen LogP contribution in [0.3, 0.4) is 0 Å². The van der Waals surface area contributed by atoms with Gasteiger partial charge in [0.05, 0.1) is 13.0 Å². The molecule has 0 aliphatic heterocycles. The first-order valence-corrected chi connectivity index (χ1v) is 9.61. The van der Waals surface area contributed by atoms with Crippen LogP contribution in [0.5, 0.6) is 0 Å². The van der Waals surface area contributed by atoms with Gasteiger partial charge in [-0.2, -0.15) is 0 Å². The number of alkyl halides is 1. The molecule has 1 aromatic heterocycles. The third-order valence-electron chi connectivity index (χ3n) is 3.72. The quantitative estimate of drug-likeness (QED) is 0.556. The van der Waals surface area contributed by atoms with Crippen LogP contribution in [-0.2, 0) is 14.9 Å². The highest BCUT2D eigenvalue weighted by atomic mass is 79.9. The van der Waals surface area contributed by atoms with Gasteiger partial charge in [0.15, 0.2) is 0 Å². The first-order chi connectivity index (χ1) is 11.7. The summed E-state index contributed by atoms with van der Waals surface area (Å²) in [7, 11) is 1.59. The average Bonchev–Trinajstić information content (AvgIpc) is 3.03. The maximum atomic E-state index is 11.9. The van der Waals surface area contributed by atoms with Gasteiger partial charge in [0.25, 0.3) is 0 Å². The van der Waals surface area contributed by atoms with Crippen LogP contribution in [0.25, 0.3) is 21.2 Å². The normalized spacial score (nSPS) is 10.9. The number of halogens is 1. The zero-order valence-corrected chi connectivity index (χ0v) is 15.7. The van der Waals surface area contributed by atoms with Crippen LogP contribution >= 0.6 is 27.3 Å². The number of benzene rings is 2. The second kappa shape index (κ2) is 7.92. The Hall–Kier alpha value is -1.69. The summed E-state index contributed by atoms with van der Waals surface area (Å²) in [5, 5.41) is 5.04. The number of nitrogens with one attached hydrogen (secondary N) is 1. The van der Waals surface area contributed by atoms with Crippen molar-refractivity contribution in [3.05, 3.63) is 53.4 Å². The Kier molecular flexibility index (Phi) is 5.66. The van der Waals surface area contributed by atoms with E-state index < -0.39 is 0 Å². The van der Waals surface area contributed by atoms with Gasteiger partial charge in [-0.3, -0.25) is 4.79 Å². The lowest BCUT2D eigenvalue weighted by Gasteiger charge is -2.08. The molecule has 0 aliphatic carbocycles. The van der Waals surface area contributed by atoms with Crippen molar-refractivity contribution in [3.63, 3.8) is 0 Å². The zero-order valence-electron chi connectivity index (χ0n) is 13.3.